The maximum atomic E-state index is 11.8. The predicted octanol–water partition coefficient (Wildman–Crippen LogP) is 3.14. The number of amides is 1. The van der Waals surface area contributed by atoms with Crippen LogP contribution in [0.15, 0.2) is 55.3 Å². The van der Waals surface area contributed by atoms with Gasteiger partial charge in [0.05, 0.1) is 24.2 Å². The summed E-state index contributed by atoms with van der Waals surface area (Å²) in [4.78, 5) is 15.9. The summed E-state index contributed by atoms with van der Waals surface area (Å²) >= 11 is 0. The van der Waals surface area contributed by atoms with E-state index < -0.39 is 0 Å². The number of anilines is 2. The van der Waals surface area contributed by atoms with E-state index in [0.717, 1.165) is 17.1 Å². The Morgan fingerprint density at radius 1 is 1.32 bits per heavy atom. The summed E-state index contributed by atoms with van der Waals surface area (Å²) < 4.78 is 5.56. The molecule has 5 nitrogen and oxygen atoms in total. The SMILES string of the molecule is C=CCNC(=O)c1ccc(Nc2ccccc2OCC)cn1. The van der Waals surface area contributed by atoms with Crippen LogP contribution in [-0.4, -0.2) is 24.0 Å². The minimum absolute atomic E-state index is 0.221. The van der Waals surface area contributed by atoms with Crippen molar-refractivity contribution in [1.29, 1.82) is 0 Å². The van der Waals surface area contributed by atoms with Gasteiger partial charge in [0.2, 0.25) is 0 Å². The fourth-order valence-corrected chi connectivity index (χ4v) is 1.86. The quantitative estimate of drug-likeness (QED) is 0.771. The monoisotopic (exact) mass is 297 g/mol. The third-order valence-corrected chi connectivity index (χ3v) is 2.87. The fourth-order valence-electron chi connectivity index (χ4n) is 1.86. The third kappa shape index (κ3) is 4.09. The van der Waals surface area contributed by atoms with Crippen LogP contribution in [0.1, 0.15) is 17.4 Å². The van der Waals surface area contributed by atoms with Crippen LogP contribution in [0.25, 0.3) is 0 Å². The van der Waals surface area contributed by atoms with Crippen molar-refractivity contribution in [2.45, 2.75) is 6.92 Å². The standard InChI is InChI=1S/C17H19N3O2/c1-3-11-18-17(21)15-10-9-13(12-19-15)20-14-7-5-6-8-16(14)22-4-2/h3,5-10,12,20H,1,4,11H2,2H3,(H,18,21). The molecule has 0 saturated heterocycles. The van der Waals surface area contributed by atoms with Gasteiger partial charge in [0.1, 0.15) is 11.4 Å². The molecule has 2 aromatic rings. The molecule has 0 saturated carbocycles. The number of ether oxygens (including phenoxy) is 1. The zero-order valence-electron chi connectivity index (χ0n) is 12.5. The van der Waals surface area contributed by atoms with Gasteiger partial charge >= 0.3 is 0 Å². The Balaban J connectivity index is 2.08. The van der Waals surface area contributed by atoms with Crippen LogP contribution >= 0.6 is 0 Å². The van der Waals surface area contributed by atoms with Crippen LogP contribution in [0, 0.1) is 0 Å². The summed E-state index contributed by atoms with van der Waals surface area (Å²) in [5.41, 5.74) is 2.01. The van der Waals surface area contributed by atoms with Gasteiger partial charge in [0.15, 0.2) is 0 Å². The average molecular weight is 297 g/mol. The van der Waals surface area contributed by atoms with Crippen molar-refractivity contribution < 1.29 is 9.53 Å². The maximum absolute atomic E-state index is 11.8. The predicted molar refractivity (Wildman–Crippen MR) is 87.7 cm³/mol. The number of aromatic nitrogens is 1. The van der Waals surface area contributed by atoms with Crippen molar-refractivity contribution in [3.63, 3.8) is 0 Å². The summed E-state index contributed by atoms with van der Waals surface area (Å²) in [6.07, 6.45) is 3.24. The largest absolute Gasteiger partial charge is 0.492 e. The Labute approximate surface area is 130 Å². The Kier molecular flexibility index (Phi) is 5.54. The van der Waals surface area contributed by atoms with E-state index >= 15 is 0 Å². The molecule has 2 N–H and O–H groups in total. The lowest BCUT2D eigenvalue weighted by Crippen LogP contribution is -2.24. The Hall–Kier alpha value is -2.82. The van der Waals surface area contributed by atoms with Crippen molar-refractivity contribution in [2.24, 2.45) is 0 Å². The second-order valence-electron chi connectivity index (χ2n) is 4.48. The molecule has 2 rings (SSSR count). The van der Waals surface area contributed by atoms with Crippen LogP contribution in [0.3, 0.4) is 0 Å². The van der Waals surface area contributed by atoms with Crippen LogP contribution in [0.2, 0.25) is 0 Å². The minimum Gasteiger partial charge on any atom is -0.492 e. The number of hydrogen-bond donors (Lipinski definition) is 2. The van der Waals surface area contributed by atoms with Gasteiger partial charge in [-0.15, -0.1) is 6.58 Å². The first-order valence-corrected chi connectivity index (χ1v) is 7.08. The van der Waals surface area contributed by atoms with E-state index in [-0.39, 0.29) is 5.91 Å². The molecule has 0 spiro atoms. The minimum atomic E-state index is -0.221. The zero-order valence-corrected chi connectivity index (χ0v) is 12.5. The molecule has 0 aliphatic heterocycles. The van der Waals surface area contributed by atoms with Crippen molar-refractivity contribution >= 4 is 17.3 Å². The molecule has 5 heteroatoms. The molecule has 0 bridgehead atoms. The van der Waals surface area contributed by atoms with Crippen LogP contribution in [-0.2, 0) is 0 Å². The molecule has 0 aliphatic carbocycles. The second-order valence-corrected chi connectivity index (χ2v) is 4.48. The Morgan fingerprint density at radius 2 is 2.14 bits per heavy atom. The summed E-state index contributed by atoms with van der Waals surface area (Å²) in [6, 6.07) is 11.1. The number of pyridine rings is 1. The Bertz CT molecular complexity index is 639. The number of rotatable bonds is 7. The molecular formula is C17H19N3O2. The van der Waals surface area contributed by atoms with E-state index in [9.17, 15) is 4.79 Å². The van der Waals surface area contributed by atoms with Crippen molar-refractivity contribution in [1.82, 2.24) is 10.3 Å². The van der Waals surface area contributed by atoms with Crippen molar-refractivity contribution in [3.8, 4) is 5.75 Å². The van der Waals surface area contributed by atoms with Gasteiger partial charge < -0.3 is 15.4 Å². The summed E-state index contributed by atoms with van der Waals surface area (Å²) in [5, 5.41) is 5.91. The first-order chi connectivity index (χ1) is 10.7. The van der Waals surface area contributed by atoms with E-state index in [1.807, 2.05) is 31.2 Å². The van der Waals surface area contributed by atoms with E-state index in [1.165, 1.54) is 0 Å². The number of para-hydroxylation sites is 2. The molecule has 22 heavy (non-hydrogen) atoms. The summed E-state index contributed by atoms with van der Waals surface area (Å²) in [5.74, 6) is 0.555. The first kappa shape index (κ1) is 15.6. The summed E-state index contributed by atoms with van der Waals surface area (Å²) in [6.45, 7) is 6.51. The van der Waals surface area contributed by atoms with E-state index in [4.69, 9.17) is 4.74 Å². The lowest BCUT2D eigenvalue weighted by molar-refractivity contribution is 0.0953. The highest BCUT2D eigenvalue weighted by Gasteiger charge is 2.07. The molecule has 0 fully saturated rings. The van der Waals surface area contributed by atoms with Crippen molar-refractivity contribution in [2.75, 3.05) is 18.5 Å². The molecule has 114 valence electrons. The second kappa shape index (κ2) is 7.83. The number of carbonyl (C=O) groups excluding carboxylic acids is 1. The van der Waals surface area contributed by atoms with Gasteiger partial charge in [-0.1, -0.05) is 18.2 Å². The average Bonchev–Trinajstić information content (AvgIpc) is 2.55. The molecule has 0 radical (unpaired) electrons. The Morgan fingerprint density at radius 3 is 2.82 bits per heavy atom. The number of nitrogens with zero attached hydrogens (tertiary/aromatic N) is 1. The summed E-state index contributed by atoms with van der Waals surface area (Å²) in [7, 11) is 0. The number of hydrogen-bond acceptors (Lipinski definition) is 4. The lowest BCUT2D eigenvalue weighted by Gasteiger charge is -2.12. The van der Waals surface area contributed by atoms with E-state index in [2.05, 4.69) is 22.2 Å². The first-order valence-electron chi connectivity index (χ1n) is 7.08. The number of nitrogens with one attached hydrogen (secondary N) is 2. The molecule has 1 heterocycles. The molecular weight excluding hydrogens is 278 g/mol. The molecule has 1 aromatic carbocycles. The molecule has 0 atom stereocenters. The highest BCUT2D eigenvalue weighted by Crippen LogP contribution is 2.27. The van der Waals surface area contributed by atoms with Gasteiger partial charge in [0, 0.05) is 6.54 Å². The lowest BCUT2D eigenvalue weighted by atomic mass is 10.2. The topological polar surface area (TPSA) is 63.2 Å². The van der Waals surface area contributed by atoms with Gasteiger partial charge in [-0.25, -0.2) is 4.98 Å². The van der Waals surface area contributed by atoms with E-state index in [1.54, 1.807) is 24.4 Å². The van der Waals surface area contributed by atoms with Gasteiger partial charge in [-0.05, 0) is 31.2 Å². The molecule has 1 aromatic heterocycles. The maximum Gasteiger partial charge on any atom is 0.270 e. The van der Waals surface area contributed by atoms with Gasteiger partial charge in [-0.2, -0.15) is 0 Å². The highest BCUT2D eigenvalue weighted by atomic mass is 16.5. The molecule has 0 unspecified atom stereocenters. The zero-order chi connectivity index (χ0) is 15.8. The van der Waals surface area contributed by atoms with Gasteiger partial charge in [-0.3, -0.25) is 4.79 Å². The van der Waals surface area contributed by atoms with Crippen LogP contribution < -0.4 is 15.4 Å². The number of benzene rings is 1. The highest BCUT2D eigenvalue weighted by molar-refractivity contribution is 5.92. The smallest absolute Gasteiger partial charge is 0.270 e. The number of carbonyl (C=O) groups is 1. The van der Waals surface area contributed by atoms with Crippen molar-refractivity contribution in [3.05, 3.63) is 60.9 Å². The van der Waals surface area contributed by atoms with Crippen LogP contribution in [0.5, 0.6) is 5.75 Å². The van der Waals surface area contributed by atoms with Crippen LogP contribution in [0.4, 0.5) is 11.4 Å². The van der Waals surface area contributed by atoms with E-state index in [0.29, 0.717) is 18.8 Å². The fraction of sp³-hybridized carbons (Fsp3) is 0.176. The normalized spacial score (nSPS) is 9.86. The van der Waals surface area contributed by atoms with Gasteiger partial charge in [0.25, 0.3) is 5.91 Å². The molecule has 0 aliphatic rings. The third-order valence-electron chi connectivity index (χ3n) is 2.87. The molecule has 1 amide bonds.